The highest BCUT2D eigenvalue weighted by Gasteiger charge is 2.31. The summed E-state index contributed by atoms with van der Waals surface area (Å²) in [6.45, 7) is 0. The molecule has 2 aromatic carbocycles. The van der Waals surface area contributed by atoms with Gasteiger partial charge in [-0.3, -0.25) is 4.79 Å². The Kier molecular flexibility index (Phi) is 5.51. The lowest BCUT2D eigenvalue weighted by Gasteiger charge is -2.12. The van der Waals surface area contributed by atoms with Gasteiger partial charge in [-0.15, -0.1) is 0 Å². The molecular formula is C18H17N3O5S2. The summed E-state index contributed by atoms with van der Waals surface area (Å²) in [4.78, 5) is 12.2. The first-order chi connectivity index (χ1) is 13.2. The summed E-state index contributed by atoms with van der Waals surface area (Å²) in [7, 11) is -7.09. The van der Waals surface area contributed by atoms with Crippen molar-refractivity contribution in [1.29, 1.82) is 5.26 Å². The van der Waals surface area contributed by atoms with Crippen molar-refractivity contribution in [2.75, 3.05) is 16.8 Å². The van der Waals surface area contributed by atoms with Crippen LogP contribution in [-0.2, 0) is 19.9 Å². The Morgan fingerprint density at radius 3 is 2.46 bits per heavy atom. The van der Waals surface area contributed by atoms with Gasteiger partial charge in [0.1, 0.15) is 0 Å². The molecule has 0 aromatic heterocycles. The number of carbonyl (C=O) groups is 1. The Morgan fingerprint density at radius 2 is 1.86 bits per heavy atom. The van der Waals surface area contributed by atoms with E-state index in [1.807, 2.05) is 6.07 Å². The maximum atomic E-state index is 12.4. The summed E-state index contributed by atoms with van der Waals surface area (Å²) >= 11 is 0. The number of nitriles is 1. The minimum absolute atomic E-state index is 0.0354. The lowest BCUT2D eigenvalue weighted by Crippen LogP contribution is -2.35. The molecule has 28 heavy (non-hydrogen) atoms. The third kappa shape index (κ3) is 4.75. The molecule has 1 saturated heterocycles. The van der Waals surface area contributed by atoms with E-state index in [2.05, 4.69) is 10.0 Å². The standard InChI is InChI=1S/C18H17N3O5S2/c19-11-13-2-1-3-15(10-13)20-18(22)14-4-6-17(7-5-14)28(25,26)21-16-8-9-27(23,24)12-16/h1-7,10,16,21H,8-9,12H2,(H,20,22)/t16-/m1/s1. The fraction of sp³-hybridized carbons (Fsp3) is 0.222. The number of hydrogen-bond donors (Lipinski definition) is 2. The van der Waals surface area contributed by atoms with Gasteiger partial charge in [0.2, 0.25) is 10.0 Å². The van der Waals surface area contributed by atoms with Crippen LogP contribution in [0.3, 0.4) is 0 Å². The average molecular weight is 419 g/mol. The van der Waals surface area contributed by atoms with E-state index in [1.54, 1.807) is 18.2 Å². The number of sulfone groups is 1. The van der Waals surface area contributed by atoms with Gasteiger partial charge < -0.3 is 5.32 Å². The molecule has 0 aliphatic carbocycles. The van der Waals surface area contributed by atoms with E-state index >= 15 is 0 Å². The van der Waals surface area contributed by atoms with Crippen LogP contribution in [0.4, 0.5) is 5.69 Å². The summed E-state index contributed by atoms with van der Waals surface area (Å²) in [5.41, 5.74) is 1.09. The molecule has 0 unspecified atom stereocenters. The molecule has 1 amide bonds. The van der Waals surface area contributed by atoms with Crippen LogP contribution in [0.5, 0.6) is 0 Å². The molecule has 0 bridgehead atoms. The van der Waals surface area contributed by atoms with Gasteiger partial charge >= 0.3 is 0 Å². The van der Waals surface area contributed by atoms with Gasteiger partial charge in [-0.2, -0.15) is 5.26 Å². The fourth-order valence-electron chi connectivity index (χ4n) is 2.83. The Morgan fingerprint density at radius 1 is 1.14 bits per heavy atom. The van der Waals surface area contributed by atoms with E-state index in [-0.39, 0.29) is 28.4 Å². The van der Waals surface area contributed by atoms with Crippen LogP contribution >= 0.6 is 0 Å². The maximum absolute atomic E-state index is 12.4. The van der Waals surface area contributed by atoms with Gasteiger partial charge in [-0.1, -0.05) is 6.07 Å². The van der Waals surface area contributed by atoms with Crippen LogP contribution in [-0.4, -0.2) is 40.3 Å². The topological polar surface area (TPSA) is 133 Å². The number of anilines is 1. The minimum atomic E-state index is -3.89. The number of sulfonamides is 1. The molecule has 1 heterocycles. The smallest absolute Gasteiger partial charge is 0.255 e. The first-order valence-electron chi connectivity index (χ1n) is 8.33. The van der Waals surface area contributed by atoms with Crippen LogP contribution in [0.2, 0.25) is 0 Å². The van der Waals surface area contributed by atoms with E-state index in [4.69, 9.17) is 5.26 Å². The number of nitrogens with one attached hydrogen (secondary N) is 2. The van der Waals surface area contributed by atoms with Crippen LogP contribution in [0.1, 0.15) is 22.3 Å². The van der Waals surface area contributed by atoms with Crippen LogP contribution in [0.15, 0.2) is 53.4 Å². The monoisotopic (exact) mass is 419 g/mol. The van der Waals surface area contributed by atoms with Crippen LogP contribution < -0.4 is 10.0 Å². The van der Waals surface area contributed by atoms with Gasteiger partial charge in [0.05, 0.1) is 28.0 Å². The molecule has 1 aliphatic rings. The Hall–Kier alpha value is -2.74. The first kappa shape index (κ1) is 20.0. The van der Waals surface area contributed by atoms with Crippen LogP contribution in [0.25, 0.3) is 0 Å². The number of benzene rings is 2. The van der Waals surface area contributed by atoms with Gasteiger partial charge in [0, 0.05) is 17.3 Å². The molecule has 146 valence electrons. The number of hydrogen-bond acceptors (Lipinski definition) is 6. The van der Waals surface area contributed by atoms with Crippen molar-refractivity contribution in [2.24, 2.45) is 0 Å². The van der Waals surface area contributed by atoms with Crippen molar-refractivity contribution in [3.8, 4) is 6.07 Å². The molecule has 3 rings (SSSR count). The summed E-state index contributed by atoms with van der Waals surface area (Å²) in [5.74, 6) is -0.699. The molecule has 0 radical (unpaired) electrons. The highest BCUT2D eigenvalue weighted by Crippen LogP contribution is 2.17. The zero-order chi connectivity index (χ0) is 20.4. The zero-order valence-electron chi connectivity index (χ0n) is 14.6. The highest BCUT2D eigenvalue weighted by atomic mass is 32.2. The molecule has 0 saturated carbocycles. The van der Waals surface area contributed by atoms with Crippen molar-refractivity contribution in [3.63, 3.8) is 0 Å². The number of carbonyl (C=O) groups excluding carboxylic acids is 1. The van der Waals surface area contributed by atoms with Gasteiger partial charge in [-0.25, -0.2) is 21.6 Å². The third-order valence-corrected chi connectivity index (χ3v) is 7.53. The summed E-state index contributed by atoms with van der Waals surface area (Å²) in [6.07, 6.45) is 0.240. The van der Waals surface area contributed by atoms with Crippen LogP contribution in [0, 0.1) is 11.3 Å². The SMILES string of the molecule is N#Cc1cccc(NC(=O)c2ccc(S(=O)(=O)N[C@@H]3CCS(=O)(=O)C3)cc2)c1. The second-order valence-corrected chi connectivity index (χ2v) is 10.3. The van der Waals surface area contributed by atoms with Crippen molar-refractivity contribution >= 4 is 31.5 Å². The normalized spacial score (nSPS) is 18.3. The predicted octanol–water partition coefficient (Wildman–Crippen LogP) is 1.28. The lowest BCUT2D eigenvalue weighted by atomic mass is 10.2. The molecule has 2 aromatic rings. The summed E-state index contributed by atoms with van der Waals surface area (Å²) in [6, 6.07) is 13.0. The number of amides is 1. The molecular weight excluding hydrogens is 402 g/mol. The van der Waals surface area contributed by atoms with Crippen molar-refractivity contribution in [1.82, 2.24) is 4.72 Å². The van der Waals surface area contributed by atoms with E-state index in [9.17, 15) is 21.6 Å². The fourth-order valence-corrected chi connectivity index (χ4v) is 5.88. The highest BCUT2D eigenvalue weighted by molar-refractivity contribution is 7.92. The molecule has 1 atom stereocenters. The first-order valence-corrected chi connectivity index (χ1v) is 11.6. The van der Waals surface area contributed by atoms with E-state index in [0.29, 0.717) is 11.3 Å². The average Bonchev–Trinajstić information content (AvgIpc) is 2.99. The largest absolute Gasteiger partial charge is 0.322 e. The van der Waals surface area contributed by atoms with Crippen molar-refractivity contribution < 1.29 is 21.6 Å². The molecule has 1 aliphatic heterocycles. The molecule has 8 nitrogen and oxygen atoms in total. The second-order valence-electron chi connectivity index (χ2n) is 6.39. The second kappa shape index (κ2) is 7.71. The van der Waals surface area contributed by atoms with Gasteiger partial charge in [0.25, 0.3) is 5.91 Å². The van der Waals surface area contributed by atoms with Crippen molar-refractivity contribution in [2.45, 2.75) is 17.4 Å². The number of rotatable bonds is 5. The Bertz CT molecular complexity index is 1150. The predicted molar refractivity (Wildman–Crippen MR) is 103 cm³/mol. The van der Waals surface area contributed by atoms with E-state index < -0.39 is 31.8 Å². The number of nitrogens with zero attached hydrogens (tertiary/aromatic N) is 1. The van der Waals surface area contributed by atoms with Gasteiger partial charge in [0.15, 0.2) is 9.84 Å². The lowest BCUT2D eigenvalue weighted by molar-refractivity contribution is 0.102. The zero-order valence-corrected chi connectivity index (χ0v) is 16.3. The quantitative estimate of drug-likeness (QED) is 0.750. The summed E-state index contributed by atoms with van der Waals surface area (Å²) < 4.78 is 50.2. The molecule has 1 fully saturated rings. The molecule has 10 heteroatoms. The maximum Gasteiger partial charge on any atom is 0.255 e. The molecule has 0 spiro atoms. The van der Waals surface area contributed by atoms with Crippen molar-refractivity contribution in [3.05, 3.63) is 59.7 Å². The Labute approximate surface area is 163 Å². The summed E-state index contributed by atoms with van der Waals surface area (Å²) in [5, 5.41) is 11.5. The van der Waals surface area contributed by atoms with E-state index in [0.717, 1.165) is 0 Å². The van der Waals surface area contributed by atoms with Gasteiger partial charge in [-0.05, 0) is 48.9 Å². The Balaban J connectivity index is 1.70. The van der Waals surface area contributed by atoms with E-state index in [1.165, 1.54) is 30.3 Å². The molecule has 2 N–H and O–H groups in total. The third-order valence-electron chi connectivity index (χ3n) is 4.23. The minimum Gasteiger partial charge on any atom is -0.322 e.